The minimum Gasteiger partial charge on any atom is -0.307 e. The second kappa shape index (κ2) is 4.58. The van der Waals surface area contributed by atoms with Crippen LogP contribution in [-0.4, -0.2) is 9.97 Å². The van der Waals surface area contributed by atoms with Crippen molar-refractivity contribution >= 4 is 0 Å². The molecule has 1 heterocycles. The molecule has 1 fully saturated rings. The van der Waals surface area contributed by atoms with E-state index in [1.165, 1.54) is 5.56 Å². The van der Waals surface area contributed by atoms with Crippen LogP contribution in [-0.2, 0) is 5.41 Å². The van der Waals surface area contributed by atoms with Crippen molar-refractivity contribution < 1.29 is 0 Å². The van der Waals surface area contributed by atoms with Gasteiger partial charge < -0.3 is 4.98 Å². The molecule has 0 saturated heterocycles. The molecule has 1 aromatic heterocycles. The van der Waals surface area contributed by atoms with E-state index in [-0.39, 0.29) is 11.0 Å². The minimum atomic E-state index is -0.0585. The molecule has 3 heteroatoms. The van der Waals surface area contributed by atoms with E-state index in [9.17, 15) is 4.79 Å². The summed E-state index contributed by atoms with van der Waals surface area (Å²) in [5.74, 6) is 1.17. The first kappa shape index (κ1) is 13.1. The van der Waals surface area contributed by atoms with Crippen LogP contribution in [0.3, 0.4) is 0 Å². The van der Waals surface area contributed by atoms with Gasteiger partial charge >= 0.3 is 0 Å². The summed E-state index contributed by atoms with van der Waals surface area (Å²) < 4.78 is 0. The molecule has 0 bridgehead atoms. The zero-order valence-corrected chi connectivity index (χ0v) is 12.2. The zero-order valence-electron chi connectivity index (χ0n) is 12.2. The van der Waals surface area contributed by atoms with E-state index in [4.69, 9.17) is 0 Å². The highest BCUT2D eigenvalue weighted by atomic mass is 16.1. The van der Waals surface area contributed by atoms with Crippen LogP contribution < -0.4 is 5.56 Å². The molecular formula is C17H20N2O. The van der Waals surface area contributed by atoms with Gasteiger partial charge in [-0.05, 0) is 23.8 Å². The third-order valence-corrected chi connectivity index (χ3v) is 3.78. The van der Waals surface area contributed by atoms with E-state index < -0.39 is 0 Å². The Morgan fingerprint density at radius 2 is 1.80 bits per heavy atom. The number of H-pyrrole nitrogens is 1. The van der Waals surface area contributed by atoms with Crippen molar-refractivity contribution in [3.05, 3.63) is 51.9 Å². The molecular weight excluding hydrogens is 248 g/mol. The van der Waals surface area contributed by atoms with Gasteiger partial charge in [-0.25, -0.2) is 4.98 Å². The molecule has 0 amide bonds. The number of rotatable bonds is 2. The van der Waals surface area contributed by atoms with E-state index in [2.05, 4.69) is 42.9 Å². The van der Waals surface area contributed by atoms with Crippen LogP contribution in [0.25, 0.3) is 11.4 Å². The molecule has 3 nitrogen and oxygen atoms in total. The first-order valence-electron chi connectivity index (χ1n) is 7.16. The molecule has 0 aliphatic heterocycles. The minimum absolute atomic E-state index is 0.0585. The van der Waals surface area contributed by atoms with Gasteiger partial charge in [0.05, 0.1) is 5.69 Å². The van der Waals surface area contributed by atoms with E-state index in [0.29, 0.717) is 11.7 Å². The van der Waals surface area contributed by atoms with Crippen LogP contribution in [0.5, 0.6) is 0 Å². The largest absolute Gasteiger partial charge is 0.307 e. The lowest BCUT2D eigenvalue weighted by Crippen LogP contribution is -2.11. The highest BCUT2D eigenvalue weighted by Crippen LogP contribution is 2.38. The first-order chi connectivity index (χ1) is 9.43. The smallest absolute Gasteiger partial charge is 0.251 e. The number of nitrogens with zero attached hydrogens (tertiary/aromatic N) is 1. The molecule has 1 aromatic carbocycles. The number of hydrogen-bond acceptors (Lipinski definition) is 2. The van der Waals surface area contributed by atoms with Gasteiger partial charge in [-0.2, -0.15) is 0 Å². The summed E-state index contributed by atoms with van der Waals surface area (Å²) in [6.45, 7) is 6.57. The number of hydrogen-bond donors (Lipinski definition) is 1. The Hall–Kier alpha value is -1.90. The number of nitrogens with one attached hydrogen (secondary N) is 1. The average Bonchev–Trinajstić information content (AvgIpc) is 3.21. The van der Waals surface area contributed by atoms with Crippen molar-refractivity contribution in [2.45, 2.75) is 44.9 Å². The number of aromatic amines is 1. The van der Waals surface area contributed by atoms with Gasteiger partial charge in [0, 0.05) is 17.5 Å². The molecule has 0 radical (unpaired) electrons. The van der Waals surface area contributed by atoms with Crippen LogP contribution in [0.1, 0.15) is 50.8 Å². The van der Waals surface area contributed by atoms with Crippen LogP contribution in [0, 0.1) is 0 Å². The Kier molecular flexibility index (Phi) is 3.00. The Labute approximate surface area is 119 Å². The van der Waals surface area contributed by atoms with Crippen molar-refractivity contribution in [1.29, 1.82) is 0 Å². The molecule has 0 atom stereocenters. The van der Waals surface area contributed by atoms with Crippen molar-refractivity contribution in [3.8, 4) is 11.4 Å². The first-order valence-corrected chi connectivity index (χ1v) is 7.16. The Morgan fingerprint density at radius 1 is 1.15 bits per heavy atom. The summed E-state index contributed by atoms with van der Waals surface area (Å²) in [4.78, 5) is 19.2. The highest BCUT2D eigenvalue weighted by Gasteiger charge is 2.26. The lowest BCUT2D eigenvalue weighted by molar-refractivity contribution is 0.590. The summed E-state index contributed by atoms with van der Waals surface area (Å²) in [6.07, 6.45) is 2.30. The fourth-order valence-corrected chi connectivity index (χ4v) is 2.33. The summed E-state index contributed by atoms with van der Waals surface area (Å²) in [5, 5.41) is 0. The fraction of sp³-hybridized carbons (Fsp3) is 0.412. The van der Waals surface area contributed by atoms with Crippen LogP contribution in [0.2, 0.25) is 0 Å². The summed E-state index contributed by atoms with van der Waals surface area (Å²) >= 11 is 0. The maximum absolute atomic E-state index is 11.7. The monoisotopic (exact) mass is 268 g/mol. The summed E-state index contributed by atoms with van der Waals surface area (Å²) in [5.41, 5.74) is 3.26. The molecule has 104 valence electrons. The summed E-state index contributed by atoms with van der Waals surface area (Å²) in [7, 11) is 0. The van der Waals surface area contributed by atoms with E-state index >= 15 is 0 Å². The Balaban J connectivity index is 1.98. The number of benzene rings is 1. The van der Waals surface area contributed by atoms with Crippen molar-refractivity contribution in [2.75, 3.05) is 0 Å². The summed E-state index contributed by atoms with van der Waals surface area (Å²) in [6, 6.07) is 9.92. The van der Waals surface area contributed by atoms with E-state index in [1.807, 2.05) is 12.1 Å². The second-order valence-electron chi connectivity index (χ2n) is 6.62. The lowest BCUT2D eigenvalue weighted by atomic mass is 9.87. The Bertz CT molecular complexity index is 673. The van der Waals surface area contributed by atoms with Gasteiger partial charge in [0.15, 0.2) is 0 Å². The van der Waals surface area contributed by atoms with Crippen molar-refractivity contribution in [3.63, 3.8) is 0 Å². The van der Waals surface area contributed by atoms with Crippen LogP contribution >= 0.6 is 0 Å². The molecule has 1 saturated carbocycles. The third-order valence-electron chi connectivity index (χ3n) is 3.78. The van der Waals surface area contributed by atoms with Gasteiger partial charge in [-0.1, -0.05) is 45.0 Å². The zero-order chi connectivity index (χ0) is 14.3. The SMILES string of the molecule is CC(C)(C)c1ccc(-c2nc(C3CC3)cc(=O)[nH]2)cc1. The second-order valence-corrected chi connectivity index (χ2v) is 6.62. The standard InChI is InChI=1S/C17H20N2O/c1-17(2,3)13-8-6-12(7-9-13)16-18-14(11-4-5-11)10-15(20)19-16/h6-11H,4-5H2,1-3H3,(H,18,19,20). The van der Waals surface area contributed by atoms with Crippen molar-refractivity contribution in [2.24, 2.45) is 0 Å². The molecule has 0 unspecified atom stereocenters. The quantitative estimate of drug-likeness (QED) is 0.904. The van der Waals surface area contributed by atoms with Gasteiger partial charge in [0.25, 0.3) is 5.56 Å². The molecule has 2 aromatic rings. The number of aromatic nitrogens is 2. The highest BCUT2D eigenvalue weighted by molar-refractivity contribution is 5.55. The maximum Gasteiger partial charge on any atom is 0.251 e. The predicted molar refractivity (Wildman–Crippen MR) is 81.0 cm³/mol. The molecule has 1 N–H and O–H groups in total. The third kappa shape index (κ3) is 2.67. The normalized spacial score (nSPS) is 15.3. The maximum atomic E-state index is 11.7. The molecule has 1 aliphatic rings. The van der Waals surface area contributed by atoms with Gasteiger partial charge in [0.1, 0.15) is 5.82 Å². The molecule has 0 spiro atoms. The fourth-order valence-electron chi connectivity index (χ4n) is 2.33. The van der Waals surface area contributed by atoms with E-state index in [0.717, 1.165) is 24.1 Å². The van der Waals surface area contributed by atoms with Crippen molar-refractivity contribution in [1.82, 2.24) is 9.97 Å². The van der Waals surface area contributed by atoms with Gasteiger partial charge in [-0.3, -0.25) is 4.79 Å². The molecule has 20 heavy (non-hydrogen) atoms. The predicted octanol–water partition coefficient (Wildman–Crippen LogP) is 3.61. The molecule has 3 rings (SSSR count). The van der Waals surface area contributed by atoms with Gasteiger partial charge in [-0.15, -0.1) is 0 Å². The average molecular weight is 268 g/mol. The topological polar surface area (TPSA) is 45.8 Å². The van der Waals surface area contributed by atoms with Crippen LogP contribution in [0.15, 0.2) is 35.1 Å². The van der Waals surface area contributed by atoms with E-state index in [1.54, 1.807) is 6.07 Å². The van der Waals surface area contributed by atoms with Crippen LogP contribution in [0.4, 0.5) is 0 Å². The molecule has 1 aliphatic carbocycles. The lowest BCUT2D eigenvalue weighted by Gasteiger charge is -2.19. The Morgan fingerprint density at radius 3 is 2.35 bits per heavy atom. The van der Waals surface area contributed by atoms with Gasteiger partial charge in [0.2, 0.25) is 0 Å².